The van der Waals surface area contributed by atoms with E-state index in [-0.39, 0.29) is 17.8 Å². The molecule has 0 bridgehead atoms. The van der Waals surface area contributed by atoms with E-state index in [2.05, 4.69) is 15.9 Å². The standard InChI is InChI=1S/C10H8BrN3O3/c1-13(5-4-12)10(15)8-6-7(14(16)17)2-3-9(8)11/h2-3,6H,5H2,1H3. The van der Waals surface area contributed by atoms with Crippen molar-refractivity contribution in [2.45, 2.75) is 0 Å². The van der Waals surface area contributed by atoms with Crippen molar-refractivity contribution in [3.8, 4) is 6.07 Å². The molecule has 0 fully saturated rings. The van der Waals surface area contributed by atoms with Gasteiger partial charge in [0.15, 0.2) is 0 Å². The predicted octanol–water partition coefficient (Wildman–Crippen LogP) is 1.95. The first-order valence-corrected chi connectivity index (χ1v) is 5.33. The molecule has 6 nitrogen and oxygen atoms in total. The van der Waals surface area contributed by atoms with Crippen molar-refractivity contribution >= 4 is 27.5 Å². The number of halogens is 1. The van der Waals surface area contributed by atoms with Crippen LogP contribution in [0.15, 0.2) is 22.7 Å². The van der Waals surface area contributed by atoms with Gasteiger partial charge in [-0.15, -0.1) is 0 Å². The highest BCUT2D eigenvalue weighted by Crippen LogP contribution is 2.23. The van der Waals surface area contributed by atoms with Crippen LogP contribution in [0, 0.1) is 21.4 Å². The number of rotatable bonds is 3. The lowest BCUT2D eigenvalue weighted by Gasteiger charge is -2.13. The predicted molar refractivity (Wildman–Crippen MR) is 63.4 cm³/mol. The Hall–Kier alpha value is -1.94. The lowest BCUT2D eigenvalue weighted by Crippen LogP contribution is -2.27. The van der Waals surface area contributed by atoms with Crippen molar-refractivity contribution in [1.82, 2.24) is 4.90 Å². The molecule has 1 aromatic carbocycles. The van der Waals surface area contributed by atoms with Crippen molar-refractivity contribution in [3.05, 3.63) is 38.3 Å². The van der Waals surface area contributed by atoms with Crippen LogP contribution in [0.2, 0.25) is 0 Å². The van der Waals surface area contributed by atoms with Gasteiger partial charge in [-0.05, 0) is 22.0 Å². The SMILES string of the molecule is CN(CC#N)C(=O)c1cc([N+](=O)[O-])ccc1Br. The molecule has 0 N–H and O–H groups in total. The molecule has 0 heterocycles. The van der Waals surface area contributed by atoms with Crippen LogP contribution in [0.1, 0.15) is 10.4 Å². The highest BCUT2D eigenvalue weighted by atomic mass is 79.9. The number of carbonyl (C=O) groups excluding carboxylic acids is 1. The number of benzene rings is 1. The Balaban J connectivity index is 3.13. The van der Waals surface area contributed by atoms with E-state index >= 15 is 0 Å². The Morgan fingerprint density at radius 3 is 2.82 bits per heavy atom. The van der Waals surface area contributed by atoms with Crippen LogP contribution in [-0.4, -0.2) is 29.3 Å². The van der Waals surface area contributed by atoms with Gasteiger partial charge in [-0.2, -0.15) is 5.26 Å². The van der Waals surface area contributed by atoms with Crippen LogP contribution in [-0.2, 0) is 0 Å². The Morgan fingerprint density at radius 2 is 2.29 bits per heavy atom. The van der Waals surface area contributed by atoms with Gasteiger partial charge >= 0.3 is 0 Å². The normalized spacial score (nSPS) is 9.47. The van der Waals surface area contributed by atoms with Crippen LogP contribution in [0.4, 0.5) is 5.69 Å². The van der Waals surface area contributed by atoms with E-state index in [1.165, 1.54) is 30.1 Å². The van der Waals surface area contributed by atoms with Crippen LogP contribution >= 0.6 is 15.9 Å². The number of nitro benzene ring substituents is 1. The topological polar surface area (TPSA) is 87.2 Å². The van der Waals surface area contributed by atoms with Gasteiger partial charge in [-0.3, -0.25) is 14.9 Å². The van der Waals surface area contributed by atoms with Gasteiger partial charge in [-0.1, -0.05) is 0 Å². The summed E-state index contributed by atoms with van der Waals surface area (Å²) in [6, 6.07) is 5.74. The van der Waals surface area contributed by atoms with Gasteiger partial charge in [0.25, 0.3) is 11.6 Å². The van der Waals surface area contributed by atoms with Crippen LogP contribution in [0.25, 0.3) is 0 Å². The van der Waals surface area contributed by atoms with E-state index in [0.29, 0.717) is 4.47 Å². The number of hydrogen-bond donors (Lipinski definition) is 0. The second-order valence-electron chi connectivity index (χ2n) is 3.24. The summed E-state index contributed by atoms with van der Waals surface area (Å²) in [6.45, 7) is -0.0754. The lowest BCUT2D eigenvalue weighted by molar-refractivity contribution is -0.384. The Kier molecular flexibility index (Phi) is 4.17. The minimum atomic E-state index is -0.576. The number of hydrogen-bond acceptors (Lipinski definition) is 4. The molecule has 0 saturated heterocycles. The van der Waals surface area contributed by atoms with Crippen molar-refractivity contribution in [2.24, 2.45) is 0 Å². The summed E-state index contributed by atoms with van der Waals surface area (Å²) in [5, 5.41) is 19.1. The maximum atomic E-state index is 11.9. The molecule has 7 heteroatoms. The van der Waals surface area contributed by atoms with E-state index in [1.54, 1.807) is 0 Å². The van der Waals surface area contributed by atoms with Crippen molar-refractivity contribution in [2.75, 3.05) is 13.6 Å². The number of carbonyl (C=O) groups is 1. The molecular weight excluding hydrogens is 290 g/mol. The average Bonchev–Trinajstić information content (AvgIpc) is 2.28. The molecular formula is C10H8BrN3O3. The smallest absolute Gasteiger partial charge is 0.270 e. The van der Waals surface area contributed by atoms with E-state index in [1.807, 2.05) is 6.07 Å². The summed E-state index contributed by atoms with van der Waals surface area (Å²) < 4.78 is 0.456. The second-order valence-corrected chi connectivity index (χ2v) is 4.09. The largest absolute Gasteiger partial charge is 0.328 e. The number of non-ortho nitro benzene ring substituents is 1. The molecule has 17 heavy (non-hydrogen) atoms. The third kappa shape index (κ3) is 3.01. The molecule has 0 aliphatic rings. The second kappa shape index (κ2) is 5.41. The molecule has 0 atom stereocenters. The van der Waals surface area contributed by atoms with E-state index in [9.17, 15) is 14.9 Å². The first-order valence-electron chi connectivity index (χ1n) is 4.53. The fourth-order valence-corrected chi connectivity index (χ4v) is 1.59. The summed E-state index contributed by atoms with van der Waals surface area (Å²) in [5.41, 5.74) is -0.00106. The number of nitriles is 1. The summed E-state index contributed by atoms with van der Waals surface area (Å²) in [6.07, 6.45) is 0. The van der Waals surface area contributed by atoms with Crippen molar-refractivity contribution in [1.29, 1.82) is 5.26 Å². The first-order chi connectivity index (χ1) is 7.97. The molecule has 0 unspecified atom stereocenters. The van der Waals surface area contributed by atoms with Crippen LogP contribution < -0.4 is 0 Å². The molecule has 0 aromatic heterocycles. The van der Waals surface area contributed by atoms with E-state index in [4.69, 9.17) is 5.26 Å². The molecule has 88 valence electrons. The van der Waals surface area contributed by atoms with Gasteiger partial charge in [0, 0.05) is 23.7 Å². The van der Waals surface area contributed by atoms with Gasteiger partial charge in [0.1, 0.15) is 6.54 Å². The third-order valence-corrected chi connectivity index (χ3v) is 2.74. The number of nitro groups is 1. The third-order valence-electron chi connectivity index (χ3n) is 2.05. The molecule has 0 spiro atoms. The Morgan fingerprint density at radius 1 is 1.65 bits per heavy atom. The quantitative estimate of drug-likeness (QED) is 0.485. The van der Waals surface area contributed by atoms with Crippen LogP contribution in [0.5, 0.6) is 0 Å². The molecule has 0 saturated carbocycles. The summed E-state index contributed by atoms with van der Waals surface area (Å²) in [4.78, 5) is 23.1. The zero-order valence-corrected chi connectivity index (χ0v) is 10.5. The van der Waals surface area contributed by atoms with Gasteiger partial charge < -0.3 is 4.90 Å². The monoisotopic (exact) mass is 297 g/mol. The summed E-state index contributed by atoms with van der Waals surface area (Å²) >= 11 is 3.15. The molecule has 0 radical (unpaired) electrons. The highest BCUT2D eigenvalue weighted by Gasteiger charge is 2.18. The average molecular weight is 298 g/mol. The first kappa shape index (κ1) is 13.1. The minimum absolute atomic E-state index is 0.0754. The van der Waals surface area contributed by atoms with Crippen molar-refractivity contribution < 1.29 is 9.72 Å². The fourth-order valence-electron chi connectivity index (χ4n) is 1.17. The molecule has 0 aliphatic carbocycles. The zero-order valence-electron chi connectivity index (χ0n) is 8.88. The van der Waals surface area contributed by atoms with Crippen molar-refractivity contribution in [3.63, 3.8) is 0 Å². The fraction of sp³-hybridized carbons (Fsp3) is 0.200. The summed E-state index contributed by atoms with van der Waals surface area (Å²) in [7, 11) is 1.46. The molecule has 1 aromatic rings. The van der Waals surface area contributed by atoms with E-state index < -0.39 is 10.8 Å². The Bertz CT molecular complexity index is 510. The van der Waals surface area contributed by atoms with Gasteiger partial charge in [0.05, 0.1) is 16.6 Å². The van der Waals surface area contributed by atoms with Gasteiger partial charge in [-0.25, -0.2) is 0 Å². The maximum Gasteiger partial charge on any atom is 0.270 e. The summed E-state index contributed by atoms with van der Waals surface area (Å²) in [5.74, 6) is -0.442. The van der Waals surface area contributed by atoms with E-state index in [0.717, 1.165) is 0 Å². The lowest BCUT2D eigenvalue weighted by atomic mass is 10.2. The number of nitrogens with zero attached hydrogens (tertiary/aromatic N) is 3. The molecule has 1 rings (SSSR count). The molecule has 1 amide bonds. The molecule has 0 aliphatic heterocycles. The number of amides is 1. The zero-order chi connectivity index (χ0) is 13.0. The maximum absolute atomic E-state index is 11.9. The minimum Gasteiger partial charge on any atom is -0.328 e. The highest BCUT2D eigenvalue weighted by molar-refractivity contribution is 9.10. The van der Waals surface area contributed by atoms with Gasteiger partial charge in [0.2, 0.25) is 0 Å². The van der Waals surface area contributed by atoms with Crippen LogP contribution in [0.3, 0.4) is 0 Å². The Labute approximate surface area is 106 Å².